The molecule has 0 spiro atoms. The number of hydrogen-bond acceptors (Lipinski definition) is 4. The summed E-state index contributed by atoms with van der Waals surface area (Å²) in [5.74, 6) is -2.69. The molecular weight excluding hydrogens is 421 g/mol. The quantitative estimate of drug-likeness (QED) is 0.671. The Kier molecular flexibility index (Phi) is 7.94. The number of rotatable bonds is 7. The average Bonchev–Trinajstić information content (AvgIpc) is 3.32. The smallest absolute Gasteiger partial charge is 0.249 e. The molecule has 1 unspecified atom stereocenters. The Bertz CT molecular complexity index is 749. The van der Waals surface area contributed by atoms with Gasteiger partial charge in [-0.25, -0.2) is 13.2 Å². The molecule has 2 aliphatic heterocycles. The number of carbonyl (C=O) groups excluding carboxylic acids is 1. The first kappa shape index (κ1) is 23.4. The van der Waals surface area contributed by atoms with Crippen molar-refractivity contribution in [3.8, 4) is 5.75 Å². The minimum absolute atomic E-state index is 0.0523. The molecule has 0 radical (unpaired) electrons. The summed E-state index contributed by atoms with van der Waals surface area (Å²) in [7, 11) is 0. The molecule has 178 valence electrons. The second-order valence-electron chi connectivity index (χ2n) is 9.37. The third-order valence-corrected chi connectivity index (χ3v) is 7.05. The monoisotopic (exact) mass is 454 g/mol. The first-order valence-corrected chi connectivity index (χ1v) is 11.9. The molecule has 1 atom stereocenters. The minimum atomic E-state index is -0.993. The van der Waals surface area contributed by atoms with Crippen molar-refractivity contribution >= 4 is 5.91 Å². The van der Waals surface area contributed by atoms with E-state index in [9.17, 15) is 18.0 Å². The molecule has 0 aromatic heterocycles. The van der Waals surface area contributed by atoms with Crippen LogP contribution in [0.2, 0.25) is 0 Å². The lowest BCUT2D eigenvalue weighted by Gasteiger charge is -2.34. The molecule has 1 amide bonds. The van der Waals surface area contributed by atoms with Crippen LogP contribution in [0, 0.1) is 23.4 Å². The normalized spacial score (nSPS) is 27.4. The zero-order valence-electron chi connectivity index (χ0n) is 18.5. The summed E-state index contributed by atoms with van der Waals surface area (Å²) in [6.07, 6.45) is 8.08. The number of carbonyl (C=O) groups is 1. The van der Waals surface area contributed by atoms with Gasteiger partial charge in [-0.15, -0.1) is 0 Å². The third kappa shape index (κ3) is 6.16. The molecule has 1 N–H and O–H groups in total. The minimum Gasteiger partial charge on any atom is -0.484 e. The molecule has 1 aromatic rings. The topological polar surface area (TPSA) is 50.8 Å². The molecular formula is C24H33F3N2O3. The lowest BCUT2D eigenvalue weighted by atomic mass is 9.84. The van der Waals surface area contributed by atoms with Gasteiger partial charge >= 0.3 is 0 Å². The summed E-state index contributed by atoms with van der Waals surface area (Å²) in [5.41, 5.74) is 0. The maximum atomic E-state index is 13.8. The highest BCUT2D eigenvalue weighted by Crippen LogP contribution is 2.29. The number of piperidine rings is 1. The highest BCUT2D eigenvalue weighted by Gasteiger charge is 2.29. The van der Waals surface area contributed by atoms with Crippen molar-refractivity contribution < 1.29 is 27.4 Å². The summed E-state index contributed by atoms with van der Waals surface area (Å²) < 4.78 is 51.6. The van der Waals surface area contributed by atoms with E-state index >= 15 is 0 Å². The Morgan fingerprint density at radius 3 is 2.34 bits per heavy atom. The van der Waals surface area contributed by atoms with Crippen LogP contribution in [-0.4, -0.2) is 55.3 Å². The third-order valence-electron chi connectivity index (χ3n) is 7.05. The Balaban J connectivity index is 1.12. The van der Waals surface area contributed by atoms with E-state index in [1.54, 1.807) is 0 Å². The van der Waals surface area contributed by atoms with Gasteiger partial charge in [0.15, 0.2) is 17.4 Å². The molecule has 1 aliphatic carbocycles. The number of hydrogen-bond donors (Lipinski definition) is 1. The van der Waals surface area contributed by atoms with Crippen LogP contribution in [0.5, 0.6) is 5.75 Å². The molecule has 4 rings (SSSR count). The number of nitrogens with zero attached hydrogens (tertiary/aromatic N) is 1. The largest absolute Gasteiger partial charge is 0.484 e. The second kappa shape index (κ2) is 10.9. The molecule has 2 saturated heterocycles. The predicted molar refractivity (Wildman–Crippen MR) is 114 cm³/mol. The van der Waals surface area contributed by atoms with Gasteiger partial charge in [0.1, 0.15) is 18.0 Å². The summed E-state index contributed by atoms with van der Waals surface area (Å²) >= 11 is 0. The summed E-state index contributed by atoms with van der Waals surface area (Å²) in [6.45, 7) is 3.33. The molecule has 8 heteroatoms. The molecule has 1 aromatic carbocycles. The molecule has 5 nitrogen and oxygen atoms in total. The van der Waals surface area contributed by atoms with E-state index < -0.39 is 23.2 Å². The van der Waals surface area contributed by atoms with Crippen molar-refractivity contribution in [2.24, 2.45) is 5.92 Å². The van der Waals surface area contributed by atoms with Crippen LogP contribution in [0.1, 0.15) is 57.8 Å². The number of likely N-dealkylation sites (tertiary alicyclic amines) is 1. The molecule has 3 aliphatic rings. The van der Waals surface area contributed by atoms with Crippen molar-refractivity contribution in [3.63, 3.8) is 0 Å². The van der Waals surface area contributed by atoms with Gasteiger partial charge in [-0.3, -0.25) is 4.79 Å². The first-order chi connectivity index (χ1) is 15.5. The molecule has 2 heterocycles. The van der Waals surface area contributed by atoms with Crippen molar-refractivity contribution in [2.75, 3.05) is 26.2 Å². The van der Waals surface area contributed by atoms with Crippen LogP contribution < -0.4 is 10.1 Å². The van der Waals surface area contributed by atoms with Crippen molar-refractivity contribution in [2.45, 2.75) is 76.0 Å². The molecule has 0 bridgehead atoms. The standard InChI is InChI=1S/C24H33F3N2O3/c25-17-14-20(26)23(21(27)15-17)32-19-8-11-29(12-9-19)10-7-16-3-5-18(6-4-16)28-24(30)22-2-1-13-31-22/h14-16,18-19,22H,1-13H2,(H,28,30). The van der Waals surface area contributed by atoms with E-state index in [0.29, 0.717) is 37.5 Å². The van der Waals surface area contributed by atoms with E-state index in [2.05, 4.69) is 10.2 Å². The van der Waals surface area contributed by atoms with E-state index in [-0.39, 0.29) is 24.2 Å². The number of ether oxygens (including phenoxy) is 2. The highest BCUT2D eigenvalue weighted by molar-refractivity contribution is 5.81. The van der Waals surface area contributed by atoms with E-state index in [1.807, 2.05) is 0 Å². The maximum absolute atomic E-state index is 13.8. The molecule has 3 fully saturated rings. The fourth-order valence-electron chi connectivity index (χ4n) is 5.10. The first-order valence-electron chi connectivity index (χ1n) is 11.9. The van der Waals surface area contributed by atoms with E-state index in [0.717, 1.165) is 64.6 Å². The zero-order valence-corrected chi connectivity index (χ0v) is 18.5. The zero-order chi connectivity index (χ0) is 22.5. The van der Waals surface area contributed by atoms with E-state index in [1.165, 1.54) is 0 Å². The predicted octanol–water partition coefficient (Wildman–Crippen LogP) is 4.19. The van der Waals surface area contributed by atoms with Crippen LogP contribution in [0.3, 0.4) is 0 Å². The Morgan fingerprint density at radius 2 is 1.72 bits per heavy atom. The SMILES string of the molecule is O=C(NC1CCC(CCN2CCC(Oc3c(F)cc(F)cc3F)CC2)CC1)C1CCCO1. The van der Waals surface area contributed by atoms with Gasteiger partial charge in [0.25, 0.3) is 0 Å². The van der Waals surface area contributed by atoms with Crippen LogP contribution in [0.4, 0.5) is 13.2 Å². The van der Waals surface area contributed by atoms with Gasteiger partial charge in [-0.1, -0.05) is 0 Å². The Morgan fingerprint density at radius 1 is 1.03 bits per heavy atom. The lowest BCUT2D eigenvalue weighted by Crippen LogP contribution is -2.43. The van der Waals surface area contributed by atoms with Gasteiger partial charge in [0.05, 0.1) is 0 Å². The van der Waals surface area contributed by atoms with E-state index in [4.69, 9.17) is 9.47 Å². The van der Waals surface area contributed by atoms with Crippen LogP contribution >= 0.6 is 0 Å². The maximum Gasteiger partial charge on any atom is 0.249 e. The summed E-state index contributed by atoms with van der Waals surface area (Å²) in [4.78, 5) is 14.6. The highest BCUT2D eigenvalue weighted by atomic mass is 19.1. The summed E-state index contributed by atoms with van der Waals surface area (Å²) in [6, 6.07) is 1.56. The van der Waals surface area contributed by atoms with Gasteiger partial charge < -0.3 is 19.7 Å². The van der Waals surface area contributed by atoms with Crippen molar-refractivity contribution in [3.05, 3.63) is 29.6 Å². The van der Waals surface area contributed by atoms with Crippen LogP contribution in [0.15, 0.2) is 12.1 Å². The fraction of sp³-hybridized carbons (Fsp3) is 0.708. The van der Waals surface area contributed by atoms with Crippen molar-refractivity contribution in [1.82, 2.24) is 10.2 Å². The molecule has 32 heavy (non-hydrogen) atoms. The fourth-order valence-corrected chi connectivity index (χ4v) is 5.10. The van der Waals surface area contributed by atoms with Crippen molar-refractivity contribution in [1.29, 1.82) is 0 Å². The molecule has 1 saturated carbocycles. The Hall–Kier alpha value is -1.80. The number of benzene rings is 1. The van der Waals surface area contributed by atoms with Gasteiger partial charge in [-0.05, 0) is 70.3 Å². The van der Waals surface area contributed by atoms with Gasteiger partial charge in [0, 0.05) is 37.9 Å². The Labute approximate surface area is 187 Å². The lowest BCUT2D eigenvalue weighted by molar-refractivity contribution is -0.131. The number of amides is 1. The van der Waals surface area contributed by atoms with Crippen LogP contribution in [0.25, 0.3) is 0 Å². The average molecular weight is 455 g/mol. The number of nitrogens with one attached hydrogen (secondary N) is 1. The number of halogens is 3. The summed E-state index contributed by atoms with van der Waals surface area (Å²) in [5, 5.41) is 3.16. The van der Waals surface area contributed by atoms with Gasteiger partial charge in [0.2, 0.25) is 5.91 Å². The second-order valence-corrected chi connectivity index (χ2v) is 9.37. The van der Waals surface area contributed by atoms with Gasteiger partial charge in [-0.2, -0.15) is 0 Å². The van der Waals surface area contributed by atoms with Crippen LogP contribution in [-0.2, 0) is 9.53 Å².